The zero-order valence-corrected chi connectivity index (χ0v) is 10.5. The van der Waals surface area contributed by atoms with Gasteiger partial charge >= 0.3 is 0 Å². The minimum absolute atomic E-state index is 0.106. The van der Waals surface area contributed by atoms with Gasteiger partial charge in [-0.3, -0.25) is 9.59 Å². The van der Waals surface area contributed by atoms with Crippen molar-refractivity contribution < 1.29 is 14.7 Å². The molecule has 0 spiro atoms. The lowest BCUT2D eigenvalue weighted by Gasteiger charge is -2.25. The van der Waals surface area contributed by atoms with Crippen molar-refractivity contribution in [3.8, 4) is 0 Å². The Hall–Kier alpha value is -1.14. The maximum absolute atomic E-state index is 11.5. The van der Waals surface area contributed by atoms with Gasteiger partial charge in [0, 0.05) is 13.2 Å². The van der Waals surface area contributed by atoms with E-state index in [1.807, 2.05) is 13.8 Å². The number of nitrogens with two attached hydrogens (primary N) is 2. The van der Waals surface area contributed by atoms with E-state index < -0.39 is 11.9 Å². The normalized spacial score (nSPS) is 13.2. The van der Waals surface area contributed by atoms with Gasteiger partial charge < -0.3 is 21.9 Å². The van der Waals surface area contributed by atoms with Crippen LogP contribution in [0.4, 0.5) is 0 Å². The maximum Gasteiger partial charge on any atom is 0.237 e. The fourth-order valence-corrected chi connectivity index (χ4v) is 1.41. The zero-order chi connectivity index (χ0) is 13.5. The Morgan fingerprint density at radius 3 is 2.47 bits per heavy atom. The van der Waals surface area contributed by atoms with E-state index in [0.717, 1.165) is 6.42 Å². The van der Waals surface area contributed by atoms with E-state index in [2.05, 4.69) is 5.32 Å². The molecule has 0 aromatic carbocycles. The fourth-order valence-electron chi connectivity index (χ4n) is 1.41. The number of carbonyl (C=O) groups is 2. The number of nitrogens with one attached hydrogen (secondary N) is 1. The lowest BCUT2D eigenvalue weighted by atomic mass is 9.88. The number of amides is 2. The minimum atomic E-state index is -0.888. The average Bonchev–Trinajstić information content (AvgIpc) is 2.22. The van der Waals surface area contributed by atoms with Gasteiger partial charge in [0.25, 0.3) is 0 Å². The van der Waals surface area contributed by atoms with E-state index in [1.165, 1.54) is 0 Å². The number of carbonyl (C=O) groups excluding carboxylic acids is 2. The fraction of sp³-hybridized carbons (Fsp3) is 0.818. The monoisotopic (exact) mass is 245 g/mol. The summed E-state index contributed by atoms with van der Waals surface area (Å²) < 4.78 is 0. The Morgan fingerprint density at radius 2 is 2.00 bits per heavy atom. The molecule has 0 saturated carbocycles. The highest BCUT2D eigenvalue weighted by Gasteiger charge is 2.21. The summed E-state index contributed by atoms with van der Waals surface area (Å²) in [5.74, 6) is -0.965. The molecule has 17 heavy (non-hydrogen) atoms. The van der Waals surface area contributed by atoms with Crippen LogP contribution in [-0.2, 0) is 9.59 Å². The van der Waals surface area contributed by atoms with E-state index >= 15 is 0 Å². The Balaban J connectivity index is 4.01. The number of rotatable bonds is 8. The van der Waals surface area contributed by atoms with E-state index in [9.17, 15) is 9.59 Å². The van der Waals surface area contributed by atoms with Gasteiger partial charge in [-0.05, 0) is 18.3 Å². The molecule has 6 N–H and O–H groups in total. The third-order valence-corrected chi connectivity index (χ3v) is 2.51. The molecule has 1 atom stereocenters. The van der Waals surface area contributed by atoms with Crippen LogP contribution in [0.5, 0.6) is 0 Å². The largest absolute Gasteiger partial charge is 0.396 e. The summed E-state index contributed by atoms with van der Waals surface area (Å²) in [6.07, 6.45) is 1.34. The van der Waals surface area contributed by atoms with Crippen LogP contribution in [0.25, 0.3) is 0 Å². The van der Waals surface area contributed by atoms with E-state index in [4.69, 9.17) is 16.6 Å². The van der Waals surface area contributed by atoms with Crippen molar-refractivity contribution in [1.29, 1.82) is 0 Å². The number of aliphatic hydroxyl groups excluding tert-OH is 1. The number of primary amides is 1. The van der Waals surface area contributed by atoms with Crippen molar-refractivity contribution in [2.45, 2.75) is 39.2 Å². The van der Waals surface area contributed by atoms with Crippen molar-refractivity contribution in [3.63, 3.8) is 0 Å². The lowest BCUT2D eigenvalue weighted by molar-refractivity contribution is -0.126. The lowest BCUT2D eigenvalue weighted by Crippen LogP contribution is -2.45. The molecular formula is C11H23N3O3. The molecule has 0 aromatic heterocycles. The van der Waals surface area contributed by atoms with Crippen LogP contribution in [0, 0.1) is 5.41 Å². The first-order valence-corrected chi connectivity index (χ1v) is 5.71. The van der Waals surface area contributed by atoms with Gasteiger partial charge in [0.1, 0.15) is 0 Å². The second kappa shape index (κ2) is 7.24. The predicted molar refractivity (Wildman–Crippen MR) is 64.9 cm³/mol. The van der Waals surface area contributed by atoms with E-state index in [0.29, 0.717) is 13.0 Å². The molecule has 6 nitrogen and oxygen atoms in total. The van der Waals surface area contributed by atoms with Crippen LogP contribution in [-0.4, -0.2) is 36.1 Å². The highest BCUT2D eigenvalue weighted by atomic mass is 16.3. The molecule has 0 heterocycles. The molecule has 6 heteroatoms. The van der Waals surface area contributed by atoms with Crippen molar-refractivity contribution in [2.24, 2.45) is 16.9 Å². The first-order valence-electron chi connectivity index (χ1n) is 5.71. The van der Waals surface area contributed by atoms with Gasteiger partial charge in [-0.1, -0.05) is 13.8 Å². The third kappa shape index (κ3) is 7.70. The number of hydrogen-bond donors (Lipinski definition) is 4. The van der Waals surface area contributed by atoms with Crippen molar-refractivity contribution in [3.05, 3.63) is 0 Å². The maximum atomic E-state index is 11.5. The third-order valence-electron chi connectivity index (χ3n) is 2.51. The molecule has 0 aliphatic rings. The molecular weight excluding hydrogens is 222 g/mol. The molecule has 2 amide bonds. The molecule has 0 radical (unpaired) electrons. The molecule has 0 aromatic rings. The molecule has 0 saturated heterocycles. The van der Waals surface area contributed by atoms with Crippen LogP contribution < -0.4 is 16.8 Å². The molecule has 100 valence electrons. The summed E-state index contributed by atoms with van der Waals surface area (Å²) in [5, 5.41) is 11.4. The standard InChI is InChI=1S/C11H23N3O3/c1-11(2,4-3-5-15)7-14-10(17)8(12)6-9(13)16/h8,15H,3-7,12H2,1-2H3,(H2,13,16)(H,14,17). The van der Waals surface area contributed by atoms with Crippen molar-refractivity contribution >= 4 is 11.8 Å². The first kappa shape index (κ1) is 15.9. The van der Waals surface area contributed by atoms with Gasteiger partial charge in [-0.25, -0.2) is 0 Å². The second-order valence-electron chi connectivity index (χ2n) is 4.99. The number of aliphatic hydroxyl groups is 1. The summed E-state index contributed by atoms with van der Waals surface area (Å²) in [6, 6.07) is -0.888. The molecule has 0 aliphatic carbocycles. The SMILES string of the molecule is CC(C)(CCCO)CNC(=O)C(N)CC(N)=O. The van der Waals surface area contributed by atoms with Gasteiger partial charge in [0.05, 0.1) is 12.5 Å². The van der Waals surface area contributed by atoms with Crippen LogP contribution in [0.1, 0.15) is 33.1 Å². The van der Waals surface area contributed by atoms with E-state index in [-0.39, 0.29) is 24.3 Å². The van der Waals surface area contributed by atoms with Gasteiger partial charge in [0.15, 0.2) is 0 Å². The van der Waals surface area contributed by atoms with E-state index in [1.54, 1.807) is 0 Å². The Bertz CT molecular complexity index is 267. The van der Waals surface area contributed by atoms with Crippen LogP contribution in [0.15, 0.2) is 0 Å². The zero-order valence-electron chi connectivity index (χ0n) is 10.5. The Morgan fingerprint density at radius 1 is 1.41 bits per heavy atom. The summed E-state index contributed by atoms with van der Waals surface area (Å²) in [7, 11) is 0. The second-order valence-corrected chi connectivity index (χ2v) is 4.99. The summed E-state index contributed by atoms with van der Waals surface area (Å²) in [4.78, 5) is 22.1. The van der Waals surface area contributed by atoms with Crippen LogP contribution in [0.3, 0.4) is 0 Å². The predicted octanol–water partition coefficient (Wildman–Crippen LogP) is -0.896. The highest BCUT2D eigenvalue weighted by molar-refractivity contribution is 5.87. The van der Waals surface area contributed by atoms with Crippen molar-refractivity contribution in [1.82, 2.24) is 5.32 Å². The summed E-state index contributed by atoms with van der Waals surface area (Å²) >= 11 is 0. The molecule has 0 bridgehead atoms. The molecule has 1 unspecified atom stereocenters. The minimum Gasteiger partial charge on any atom is -0.396 e. The summed E-state index contributed by atoms with van der Waals surface area (Å²) in [6.45, 7) is 4.57. The highest BCUT2D eigenvalue weighted by Crippen LogP contribution is 2.20. The quantitative estimate of drug-likeness (QED) is 0.443. The average molecular weight is 245 g/mol. The van der Waals surface area contributed by atoms with Crippen LogP contribution >= 0.6 is 0 Å². The van der Waals surface area contributed by atoms with Crippen LogP contribution in [0.2, 0.25) is 0 Å². The Kier molecular flexibility index (Phi) is 6.75. The van der Waals surface area contributed by atoms with Gasteiger partial charge in [-0.15, -0.1) is 0 Å². The summed E-state index contributed by atoms with van der Waals surface area (Å²) in [5.41, 5.74) is 10.3. The number of hydrogen-bond acceptors (Lipinski definition) is 4. The van der Waals surface area contributed by atoms with Gasteiger partial charge in [0.2, 0.25) is 11.8 Å². The Labute approximate surface area is 102 Å². The molecule has 0 fully saturated rings. The van der Waals surface area contributed by atoms with Gasteiger partial charge in [-0.2, -0.15) is 0 Å². The van der Waals surface area contributed by atoms with Crippen molar-refractivity contribution in [2.75, 3.05) is 13.2 Å². The molecule has 0 aliphatic heterocycles. The smallest absolute Gasteiger partial charge is 0.237 e. The topological polar surface area (TPSA) is 118 Å². The molecule has 0 rings (SSSR count). The first-order chi connectivity index (χ1) is 7.78.